The van der Waals surface area contributed by atoms with E-state index >= 15 is 0 Å². The number of amides is 1. The summed E-state index contributed by atoms with van der Waals surface area (Å²) in [6.45, 7) is 1.25. The molecule has 6 heteroatoms. The van der Waals surface area contributed by atoms with Crippen LogP contribution in [-0.2, 0) is 12.8 Å². The van der Waals surface area contributed by atoms with E-state index < -0.39 is 0 Å². The highest BCUT2D eigenvalue weighted by Crippen LogP contribution is 2.30. The van der Waals surface area contributed by atoms with Gasteiger partial charge < -0.3 is 4.90 Å². The molecule has 5 rings (SSSR count). The monoisotopic (exact) mass is 419 g/mol. The van der Waals surface area contributed by atoms with Gasteiger partial charge in [-0.2, -0.15) is 5.10 Å². The minimum absolute atomic E-state index is 0.0381. The summed E-state index contributed by atoms with van der Waals surface area (Å²) in [4.78, 5) is 15.1. The molecule has 158 valence electrons. The van der Waals surface area contributed by atoms with Crippen molar-refractivity contribution in [1.29, 1.82) is 0 Å². The molecular weight excluding hydrogens is 396 g/mol. The summed E-state index contributed by atoms with van der Waals surface area (Å²) in [7, 11) is 0. The second-order valence-corrected chi connectivity index (χ2v) is 8.17. The molecule has 31 heavy (non-hydrogen) atoms. The molecule has 3 aromatic rings. The summed E-state index contributed by atoms with van der Waals surface area (Å²) in [5.74, 6) is -0.573. The number of fused-ring (bicyclic) bond motifs is 1. The van der Waals surface area contributed by atoms with Gasteiger partial charge in [-0.05, 0) is 74.1 Å². The number of carbonyl (C=O) groups is 1. The van der Waals surface area contributed by atoms with Gasteiger partial charge in [-0.15, -0.1) is 0 Å². The molecule has 0 saturated carbocycles. The van der Waals surface area contributed by atoms with Gasteiger partial charge in [0.25, 0.3) is 5.91 Å². The number of carbonyl (C=O) groups excluding carboxylic acids is 1. The SMILES string of the molecule is O=C(c1nn(-c2ccc(F)cc2)c2c1CCC2)N1CCC(=Cc2cccc(F)c2)CC1. The van der Waals surface area contributed by atoms with E-state index in [-0.39, 0.29) is 17.5 Å². The van der Waals surface area contributed by atoms with Gasteiger partial charge in [-0.3, -0.25) is 4.79 Å². The zero-order chi connectivity index (χ0) is 21.4. The van der Waals surface area contributed by atoms with Crippen molar-refractivity contribution in [1.82, 2.24) is 14.7 Å². The third-order valence-electron chi connectivity index (χ3n) is 6.12. The minimum Gasteiger partial charge on any atom is -0.337 e. The fourth-order valence-electron chi connectivity index (χ4n) is 4.53. The Balaban J connectivity index is 1.34. The maximum Gasteiger partial charge on any atom is 0.274 e. The molecule has 1 amide bonds. The van der Waals surface area contributed by atoms with E-state index in [9.17, 15) is 13.6 Å². The Morgan fingerprint density at radius 1 is 0.935 bits per heavy atom. The molecule has 1 saturated heterocycles. The van der Waals surface area contributed by atoms with Crippen molar-refractivity contribution in [3.05, 3.63) is 88.3 Å². The number of hydrogen-bond donors (Lipinski definition) is 0. The molecule has 4 nitrogen and oxygen atoms in total. The van der Waals surface area contributed by atoms with Crippen LogP contribution in [-0.4, -0.2) is 33.7 Å². The molecule has 0 bridgehead atoms. The first-order valence-electron chi connectivity index (χ1n) is 10.7. The summed E-state index contributed by atoms with van der Waals surface area (Å²) < 4.78 is 28.5. The second kappa shape index (κ2) is 8.10. The third kappa shape index (κ3) is 3.90. The molecule has 2 aliphatic rings. The van der Waals surface area contributed by atoms with Crippen LogP contribution in [0, 0.1) is 11.6 Å². The standard InChI is InChI=1S/C25H23F2N3O/c26-19-7-9-21(10-8-19)30-23-6-2-5-22(23)24(28-30)25(31)29-13-11-17(12-14-29)15-18-3-1-4-20(27)16-18/h1,3-4,7-10,15-16H,2,5-6,11-14H2. The molecule has 0 unspecified atom stereocenters. The first-order valence-corrected chi connectivity index (χ1v) is 10.7. The van der Waals surface area contributed by atoms with Gasteiger partial charge in [0.1, 0.15) is 11.6 Å². The van der Waals surface area contributed by atoms with Crippen LogP contribution in [0.1, 0.15) is 46.6 Å². The highest BCUT2D eigenvalue weighted by molar-refractivity contribution is 5.94. The topological polar surface area (TPSA) is 38.1 Å². The highest BCUT2D eigenvalue weighted by Gasteiger charge is 2.30. The predicted molar refractivity (Wildman–Crippen MR) is 115 cm³/mol. The molecule has 1 fully saturated rings. The summed E-state index contributed by atoms with van der Waals surface area (Å²) in [6, 6.07) is 12.8. The fraction of sp³-hybridized carbons (Fsp3) is 0.280. The van der Waals surface area contributed by atoms with Gasteiger partial charge in [-0.1, -0.05) is 23.8 Å². The van der Waals surface area contributed by atoms with Gasteiger partial charge in [-0.25, -0.2) is 13.5 Å². The van der Waals surface area contributed by atoms with Gasteiger partial charge in [0, 0.05) is 24.3 Å². The quantitative estimate of drug-likeness (QED) is 0.602. The average molecular weight is 419 g/mol. The molecule has 0 atom stereocenters. The third-order valence-corrected chi connectivity index (χ3v) is 6.12. The van der Waals surface area contributed by atoms with Gasteiger partial charge in [0.2, 0.25) is 0 Å². The lowest BCUT2D eigenvalue weighted by molar-refractivity contribution is 0.0736. The van der Waals surface area contributed by atoms with E-state index in [1.165, 1.54) is 29.8 Å². The number of nitrogens with zero attached hydrogens (tertiary/aromatic N) is 3. The maximum atomic E-state index is 13.4. The fourth-order valence-corrected chi connectivity index (χ4v) is 4.53. The van der Waals surface area contributed by atoms with E-state index in [2.05, 4.69) is 5.10 Å². The van der Waals surface area contributed by atoms with Crippen molar-refractivity contribution in [2.24, 2.45) is 0 Å². The van der Waals surface area contributed by atoms with E-state index in [4.69, 9.17) is 0 Å². The Kier molecular flexibility index (Phi) is 5.14. The number of likely N-dealkylation sites (tertiary alicyclic amines) is 1. The number of piperidine rings is 1. The molecule has 0 N–H and O–H groups in total. The van der Waals surface area contributed by atoms with E-state index in [1.54, 1.807) is 22.9 Å². The van der Waals surface area contributed by atoms with Crippen LogP contribution in [0.25, 0.3) is 11.8 Å². The van der Waals surface area contributed by atoms with Gasteiger partial charge in [0.15, 0.2) is 5.69 Å². The molecule has 1 aliphatic heterocycles. The number of benzene rings is 2. The lowest BCUT2D eigenvalue weighted by Gasteiger charge is -2.28. The van der Waals surface area contributed by atoms with Crippen molar-refractivity contribution in [2.75, 3.05) is 13.1 Å². The Morgan fingerprint density at radius 2 is 1.71 bits per heavy atom. The Hall–Kier alpha value is -3.28. The van der Waals surface area contributed by atoms with Crippen LogP contribution < -0.4 is 0 Å². The van der Waals surface area contributed by atoms with Crippen LogP contribution in [0.2, 0.25) is 0 Å². The lowest BCUT2D eigenvalue weighted by atomic mass is 10.0. The molecule has 2 heterocycles. The normalized spacial score (nSPS) is 15.8. The summed E-state index contributed by atoms with van der Waals surface area (Å²) in [5, 5.41) is 4.65. The summed E-state index contributed by atoms with van der Waals surface area (Å²) in [6.07, 6.45) is 6.26. The molecule has 2 aromatic carbocycles. The second-order valence-electron chi connectivity index (χ2n) is 8.17. The molecule has 0 spiro atoms. The van der Waals surface area contributed by atoms with Crippen LogP contribution in [0.4, 0.5) is 8.78 Å². The Labute approximate surface area is 179 Å². The number of rotatable bonds is 3. The number of hydrogen-bond acceptors (Lipinski definition) is 2. The first kappa shape index (κ1) is 19.7. The molecule has 1 aromatic heterocycles. The Morgan fingerprint density at radius 3 is 2.45 bits per heavy atom. The maximum absolute atomic E-state index is 13.4. The smallest absolute Gasteiger partial charge is 0.274 e. The van der Waals surface area contributed by atoms with Crippen molar-refractivity contribution in [3.8, 4) is 5.69 Å². The molecular formula is C25H23F2N3O. The zero-order valence-corrected chi connectivity index (χ0v) is 17.2. The average Bonchev–Trinajstić information content (AvgIpc) is 3.38. The summed E-state index contributed by atoms with van der Waals surface area (Å²) >= 11 is 0. The predicted octanol–water partition coefficient (Wildman–Crippen LogP) is 4.96. The highest BCUT2D eigenvalue weighted by atomic mass is 19.1. The van der Waals surface area contributed by atoms with Crippen LogP contribution in [0.3, 0.4) is 0 Å². The molecule has 1 aliphatic carbocycles. The lowest BCUT2D eigenvalue weighted by Crippen LogP contribution is -2.37. The first-order chi connectivity index (χ1) is 15.1. The van der Waals surface area contributed by atoms with Crippen molar-refractivity contribution >= 4 is 12.0 Å². The van der Waals surface area contributed by atoms with Gasteiger partial charge >= 0.3 is 0 Å². The zero-order valence-electron chi connectivity index (χ0n) is 17.2. The molecule has 0 radical (unpaired) electrons. The largest absolute Gasteiger partial charge is 0.337 e. The van der Waals surface area contributed by atoms with E-state index in [1.807, 2.05) is 17.0 Å². The van der Waals surface area contributed by atoms with Crippen LogP contribution in [0.15, 0.2) is 54.1 Å². The number of halogens is 2. The Bertz CT molecular complexity index is 1150. The van der Waals surface area contributed by atoms with Gasteiger partial charge in [0.05, 0.1) is 5.69 Å². The van der Waals surface area contributed by atoms with Crippen LogP contribution in [0.5, 0.6) is 0 Å². The van der Waals surface area contributed by atoms with Crippen molar-refractivity contribution < 1.29 is 13.6 Å². The number of aromatic nitrogens is 2. The van der Waals surface area contributed by atoms with Crippen molar-refractivity contribution in [2.45, 2.75) is 32.1 Å². The van der Waals surface area contributed by atoms with E-state index in [0.717, 1.165) is 54.6 Å². The van der Waals surface area contributed by atoms with E-state index in [0.29, 0.717) is 18.8 Å². The summed E-state index contributed by atoms with van der Waals surface area (Å²) in [5.41, 5.74) is 5.45. The van der Waals surface area contributed by atoms with Crippen molar-refractivity contribution in [3.63, 3.8) is 0 Å². The minimum atomic E-state index is -0.292. The van der Waals surface area contributed by atoms with Crippen LogP contribution >= 0.6 is 0 Å².